The fourth-order valence-corrected chi connectivity index (χ4v) is 1.68. The van der Waals surface area contributed by atoms with Crippen molar-refractivity contribution < 1.29 is 14.0 Å². The lowest BCUT2D eigenvalue weighted by Crippen LogP contribution is -2.06. The van der Waals surface area contributed by atoms with E-state index in [1.54, 1.807) is 37.3 Å². The molecule has 0 bridgehead atoms. The first-order chi connectivity index (χ1) is 8.58. The van der Waals surface area contributed by atoms with Gasteiger partial charge in [-0.25, -0.2) is 0 Å². The van der Waals surface area contributed by atoms with Crippen LogP contribution in [0.5, 0.6) is 0 Å². The van der Waals surface area contributed by atoms with Gasteiger partial charge in [0.1, 0.15) is 5.76 Å². The fourth-order valence-electron chi connectivity index (χ4n) is 1.68. The highest BCUT2D eigenvalue weighted by molar-refractivity contribution is 6.09. The SMILES string of the molecule is CC(=O)Nc1ccc(C(=O)c2ccoc2C)cc1. The first kappa shape index (κ1) is 12.1. The van der Waals surface area contributed by atoms with Crippen molar-refractivity contribution in [2.24, 2.45) is 0 Å². The van der Waals surface area contributed by atoms with Crippen LogP contribution in [0.4, 0.5) is 5.69 Å². The van der Waals surface area contributed by atoms with Gasteiger partial charge in [0.05, 0.1) is 11.8 Å². The number of hydrogen-bond acceptors (Lipinski definition) is 3. The Bertz CT molecular complexity index is 581. The molecular weight excluding hydrogens is 230 g/mol. The van der Waals surface area contributed by atoms with Gasteiger partial charge in [-0.05, 0) is 37.3 Å². The summed E-state index contributed by atoms with van der Waals surface area (Å²) in [6.45, 7) is 3.19. The molecule has 0 saturated heterocycles. The van der Waals surface area contributed by atoms with Gasteiger partial charge in [0, 0.05) is 18.2 Å². The molecule has 1 N–H and O–H groups in total. The maximum absolute atomic E-state index is 12.1. The van der Waals surface area contributed by atoms with E-state index >= 15 is 0 Å². The van der Waals surface area contributed by atoms with Crippen molar-refractivity contribution in [2.45, 2.75) is 13.8 Å². The van der Waals surface area contributed by atoms with Gasteiger partial charge in [0.25, 0.3) is 0 Å². The Kier molecular flexibility index (Phi) is 3.28. The maximum Gasteiger partial charge on any atom is 0.221 e. The number of aryl methyl sites for hydroxylation is 1. The summed E-state index contributed by atoms with van der Waals surface area (Å²) < 4.78 is 5.11. The minimum atomic E-state index is -0.139. The molecule has 4 heteroatoms. The van der Waals surface area contributed by atoms with Crippen LogP contribution >= 0.6 is 0 Å². The lowest BCUT2D eigenvalue weighted by atomic mass is 10.0. The van der Waals surface area contributed by atoms with Crippen molar-refractivity contribution in [2.75, 3.05) is 5.32 Å². The van der Waals surface area contributed by atoms with Crippen LogP contribution in [-0.4, -0.2) is 11.7 Å². The van der Waals surface area contributed by atoms with Crippen molar-refractivity contribution >= 4 is 17.4 Å². The molecule has 0 saturated carbocycles. The molecule has 0 aliphatic carbocycles. The molecule has 2 aromatic rings. The van der Waals surface area contributed by atoms with Crippen molar-refractivity contribution in [3.05, 3.63) is 53.5 Å². The third kappa shape index (κ3) is 2.48. The van der Waals surface area contributed by atoms with Gasteiger partial charge in [0.15, 0.2) is 5.78 Å². The molecular formula is C14H13NO3. The number of rotatable bonds is 3. The summed E-state index contributed by atoms with van der Waals surface area (Å²) in [5.41, 5.74) is 1.79. The molecule has 0 spiro atoms. The molecule has 0 fully saturated rings. The summed E-state index contributed by atoms with van der Waals surface area (Å²) in [4.78, 5) is 23.0. The zero-order valence-electron chi connectivity index (χ0n) is 10.2. The highest BCUT2D eigenvalue weighted by Crippen LogP contribution is 2.17. The normalized spacial score (nSPS) is 10.1. The van der Waals surface area contributed by atoms with Gasteiger partial charge in [-0.2, -0.15) is 0 Å². The third-order valence-electron chi connectivity index (χ3n) is 2.57. The molecule has 0 aliphatic heterocycles. The number of furan rings is 1. The lowest BCUT2D eigenvalue weighted by molar-refractivity contribution is -0.114. The summed E-state index contributed by atoms with van der Waals surface area (Å²) >= 11 is 0. The maximum atomic E-state index is 12.1. The molecule has 0 radical (unpaired) electrons. The minimum Gasteiger partial charge on any atom is -0.469 e. The van der Waals surface area contributed by atoms with Crippen LogP contribution in [-0.2, 0) is 4.79 Å². The van der Waals surface area contributed by atoms with E-state index in [-0.39, 0.29) is 11.7 Å². The summed E-state index contributed by atoms with van der Waals surface area (Å²) in [5, 5.41) is 2.65. The molecule has 1 aromatic heterocycles. The Balaban J connectivity index is 2.22. The average Bonchev–Trinajstić information content (AvgIpc) is 2.75. The molecule has 18 heavy (non-hydrogen) atoms. The standard InChI is InChI=1S/C14H13NO3/c1-9-13(7-8-18-9)14(17)11-3-5-12(6-4-11)15-10(2)16/h3-8H,1-2H3,(H,15,16). The monoisotopic (exact) mass is 243 g/mol. The summed E-state index contributed by atoms with van der Waals surface area (Å²) in [6, 6.07) is 8.41. The van der Waals surface area contributed by atoms with Crippen LogP contribution in [0.15, 0.2) is 41.0 Å². The fraction of sp³-hybridized carbons (Fsp3) is 0.143. The Labute approximate surface area is 105 Å². The second kappa shape index (κ2) is 4.87. The van der Waals surface area contributed by atoms with Crippen LogP contribution in [0.3, 0.4) is 0 Å². The number of carbonyl (C=O) groups is 2. The number of amides is 1. The highest BCUT2D eigenvalue weighted by Gasteiger charge is 2.13. The van der Waals surface area contributed by atoms with E-state index in [9.17, 15) is 9.59 Å². The number of benzene rings is 1. The quantitative estimate of drug-likeness (QED) is 0.843. The minimum absolute atomic E-state index is 0.0874. The van der Waals surface area contributed by atoms with Crippen LogP contribution in [0, 0.1) is 6.92 Å². The topological polar surface area (TPSA) is 59.3 Å². The zero-order valence-corrected chi connectivity index (χ0v) is 10.2. The first-order valence-electron chi connectivity index (χ1n) is 5.54. The predicted octanol–water partition coefficient (Wildman–Crippen LogP) is 2.78. The summed E-state index contributed by atoms with van der Waals surface area (Å²) in [5.74, 6) is 0.376. The Morgan fingerprint density at radius 1 is 1.11 bits per heavy atom. The molecule has 4 nitrogen and oxygen atoms in total. The van der Waals surface area contributed by atoms with Gasteiger partial charge < -0.3 is 9.73 Å². The second-order valence-corrected chi connectivity index (χ2v) is 3.98. The molecule has 2 rings (SSSR count). The largest absolute Gasteiger partial charge is 0.469 e. The molecule has 92 valence electrons. The van der Waals surface area contributed by atoms with E-state index < -0.39 is 0 Å². The Morgan fingerprint density at radius 2 is 1.78 bits per heavy atom. The number of carbonyl (C=O) groups excluding carboxylic acids is 2. The average molecular weight is 243 g/mol. The van der Waals surface area contributed by atoms with Crippen molar-refractivity contribution in [3.8, 4) is 0 Å². The zero-order chi connectivity index (χ0) is 13.1. The van der Waals surface area contributed by atoms with Gasteiger partial charge in [-0.3, -0.25) is 9.59 Å². The molecule has 0 aliphatic rings. The smallest absolute Gasteiger partial charge is 0.221 e. The van der Waals surface area contributed by atoms with Crippen LogP contribution in [0.25, 0.3) is 0 Å². The highest BCUT2D eigenvalue weighted by atomic mass is 16.3. The number of anilines is 1. The lowest BCUT2D eigenvalue weighted by Gasteiger charge is -2.03. The van der Waals surface area contributed by atoms with Crippen LogP contribution in [0.2, 0.25) is 0 Å². The van der Waals surface area contributed by atoms with E-state index in [0.29, 0.717) is 22.6 Å². The molecule has 1 amide bonds. The molecule has 1 heterocycles. The van der Waals surface area contributed by atoms with Crippen molar-refractivity contribution in [1.29, 1.82) is 0 Å². The van der Waals surface area contributed by atoms with E-state index in [0.717, 1.165) is 0 Å². The van der Waals surface area contributed by atoms with Gasteiger partial charge in [-0.1, -0.05) is 0 Å². The van der Waals surface area contributed by atoms with Gasteiger partial charge >= 0.3 is 0 Å². The van der Waals surface area contributed by atoms with E-state index in [1.807, 2.05) is 0 Å². The van der Waals surface area contributed by atoms with E-state index in [1.165, 1.54) is 13.2 Å². The number of ketones is 1. The second-order valence-electron chi connectivity index (χ2n) is 3.98. The molecule has 0 atom stereocenters. The van der Waals surface area contributed by atoms with Crippen LogP contribution in [0.1, 0.15) is 28.6 Å². The van der Waals surface area contributed by atoms with E-state index in [2.05, 4.69) is 5.32 Å². The summed E-state index contributed by atoms with van der Waals surface area (Å²) in [6.07, 6.45) is 1.49. The third-order valence-corrected chi connectivity index (χ3v) is 2.57. The van der Waals surface area contributed by atoms with Gasteiger partial charge in [-0.15, -0.1) is 0 Å². The molecule has 1 aromatic carbocycles. The van der Waals surface area contributed by atoms with Gasteiger partial charge in [0.2, 0.25) is 5.91 Å². The van der Waals surface area contributed by atoms with Crippen molar-refractivity contribution in [3.63, 3.8) is 0 Å². The summed E-state index contributed by atoms with van der Waals surface area (Å²) in [7, 11) is 0. The Morgan fingerprint density at radius 3 is 2.28 bits per heavy atom. The number of hydrogen-bond donors (Lipinski definition) is 1. The first-order valence-corrected chi connectivity index (χ1v) is 5.54. The predicted molar refractivity (Wildman–Crippen MR) is 67.6 cm³/mol. The van der Waals surface area contributed by atoms with Crippen LogP contribution < -0.4 is 5.32 Å². The number of nitrogens with one attached hydrogen (secondary N) is 1. The Hall–Kier alpha value is -2.36. The van der Waals surface area contributed by atoms with Crippen molar-refractivity contribution in [1.82, 2.24) is 0 Å². The molecule has 0 unspecified atom stereocenters. The van der Waals surface area contributed by atoms with E-state index in [4.69, 9.17) is 4.42 Å².